The molecule has 0 spiro atoms. The van der Waals surface area contributed by atoms with Crippen LogP contribution in [0.5, 0.6) is 0 Å². The molecule has 2 aromatic carbocycles. The van der Waals surface area contributed by atoms with Crippen LogP contribution in [-0.4, -0.2) is 84.7 Å². The monoisotopic (exact) mass is 664 g/mol. The second-order valence-corrected chi connectivity index (χ2v) is 13.0. The average Bonchev–Trinajstić information content (AvgIpc) is 3.58. The summed E-state index contributed by atoms with van der Waals surface area (Å²) in [6.07, 6.45) is -2.69. The van der Waals surface area contributed by atoms with Crippen molar-refractivity contribution >= 4 is 22.8 Å². The van der Waals surface area contributed by atoms with Crippen LogP contribution >= 0.6 is 0 Å². The van der Waals surface area contributed by atoms with Crippen molar-refractivity contribution in [3.8, 4) is 11.3 Å². The van der Waals surface area contributed by atoms with Gasteiger partial charge in [0.25, 0.3) is 5.91 Å². The van der Waals surface area contributed by atoms with E-state index in [-0.39, 0.29) is 36.2 Å². The van der Waals surface area contributed by atoms with E-state index in [2.05, 4.69) is 15.5 Å². The third-order valence-electron chi connectivity index (χ3n) is 8.22. The molecule has 248 valence electrons. The molecule has 15 heteroatoms. The molecule has 0 bridgehead atoms. The van der Waals surface area contributed by atoms with Crippen molar-refractivity contribution in [2.45, 2.75) is 57.7 Å². The zero-order valence-corrected chi connectivity index (χ0v) is 26.3. The van der Waals surface area contributed by atoms with Gasteiger partial charge in [0.2, 0.25) is 5.91 Å². The lowest BCUT2D eigenvalue weighted by molar-refractivity contribution is -0.138. The lowest BCUT2D eigenvalue weighted by Crippen LogP contribution is -2.38. The predicted molar refractivity (Wildman–Crippen MR) is 163 cm³/mol. The van der Waals surface area contributed by atoms with Crippen LogP contribution in [0.25, 0.3) is 11.3 Å². The largest absolute Gasteiger partial charge is 0.416 e. The van der Waals surface area contributed by atoms with Gasteiger partial charge >= 0.3 is 6.18 Å². The highest BCUT2D eigenvalue weighted by Gasteiger charge is 2.35. The van der Waals surface area contributed by atoms with Crippen LogP contribution in [0, 0.1) is 5.82 Å². The van der Waals surface area contributed by atoms with Crippen molar-refractivity contribution in [1.82, 2.24) is 29.6 Å². The minimum Gasteiger partial charge on any atom is -0.390 e. The van der Waals surface area contributed by atoms with Gasteiger partial charge in [0.05, 0.1) is 34.9 Å². The number of hydrogen-bond donors (Lipinski definition) is 3. The maximum atomic E-state index is 14.0. The fourth-order valence-electron chi connectivity index (χ4n) is 6.07. The number of fused-ring (bicyclic) bond motifs is 1. The van der Waals surface area contributed by atoms with E-state index in [1.54, 1.807) is 15.2 Å². The molecule has 3 N–H and O–H groups in total. The molecule has 1 saturated heterocycles. The lowest BCUT2D eigenvalue weighted by Gasteiger charge is -2.26. The van der Waals surface area contributed by atoms with Crippen LogP contribution in [0.1, 0.15) is 46.1 Å². The number of amides is 2. The molecule has 0 radical (unpaired) electrons. The van der Waals surface area contributed by atoms with Gasteiger partial charge in [0.15, 0.2) is 0 Å². The molecule has 3 unspecified atom stereocenters. The Morgan fingerprint density at radius 1 is 1.13 bits per heavy atom. The molecule has 3 aromatic rings. The minimum absolute atomic E-state index is 0.0176. The fourth-order valence-corrected chi connectivity index (χ4v) is 6.73. The Morgan fingerprint density at radius 2 is 1.87 bits per heavy atom. The fraction of sp³-hybridized carbons (Fsp3) is 0.452. The Labute approximate surface area is 266 Å². The van der Waals surface area contributed by atoms with Gasteiger partial charge in [-0.25, -0.2) is 12.9 Å². The van der Waals surface area contributed by atoms with E-state index in [0.29, 0.717) is 49.4 Å². The second kappa shape index (κ2) is 14.0. The van der Waals surface area contributed by atoms with Crippen LogP contribution in [0.3, 0.4) is 0 Å². The summed E-state index contributed by atoms with van der Waals surface area (Å²) in [5.74, 6) is -1.31. The van der Waals surface area contributed by atoms with Crippen molar-refractivity contribution in [3.05, 3.63) is 76.2 Å². The summed E-state index contributed by atoms with van der Waals surface area (Å²) >= 11 is 0. The van der Waals surface area contributed by atoms with Crippen molar-refractivity contribution in [2.75, 3.05) is 32.4 Å². The van der Waals surface area contributed by atoms with E-state index in [1.807, 2.05) is 0 Å². The molecule has 2 aliphatic heterocycles. The average molecular weight is 665 g/mol. The van der Waals surface area contributed by atoms with Crippen LogP contribution in [0.15, 0.2) is 42.5 Å². The Kier molecular flexibility index (Phi) is 10.2. The number of benzene rings is 2. The summed E-state index contributed by atoms with van der Waals surface area (Å²) in [4.78, 5) is 26.1. The first-order valence-corrected chi connectivity index (χ1v) is 16.4. The zero-order valence-electron chi connectivity index (χ0n) is 25.4. The Hall–Kier alpha value is -3.66. The Balaban J connectivity index is 1.42. The highest BCUT2D eigenvalue weighted by molar-refractivity contribution is 7.81. The van der Waals surface area contributed by atoms with Crippen molar-refractivity contribution < 1.29 is 36.5 Å². The first kappa shape index (κ1) is 33.7. The first-order valence-electron chi connectivity index (χ1n) is 14.9. The van der Waals surface area contributed by atoms with Crippen molar-refractivity contribution in [2.24, 2.45) is 0 Å². The van der Waals surface area contributed by atoms with E-state index in [4.69, 9.17) is 5.10 Å². The number of carbonyl (C=O) groups is 2. The van der Waals surface area contributed by atoms with Gasteiger partial charge in [0.1, 0.15) is 5.82 Å². The molecular weight excluding hydrogens is 628 g/mol. The molecule has 5 rings (SSSR count). The summed E-state index contributed by atoms with van der Waals surface area (Å²) < 4.78 is 71.1. The number of hydrogen-bond acceptors (Lipinski definition) is 6. The van der Waals surface area contributed by atoms with E-state index in [0.717, 1.165) is 30.3 Å². The van der Waals surface area contributed by atoms with E-state index in [9.17, 15) is 36.5 Å². The van der Waals surface area contributed by atoms with Crippen LogP contribution in [0.4, 0.5) is 17.6 Å². The number of nitrogens with one attached hydrogen (secondary N) is 2. The van der Waals surface area contributed by atoms with Crippen molar-refractivity contribution in [1.29, 1.82) is 0 Å². The number of aliphatic hydroxyl groups excluding tert-OH is 1. The number of nitrogens with zero attached hydrogens (tertiary/aromatic N) is 4. The van der Waals surface area contributed by atoms with Gasteiger partial charge in [-0.1, -0.05) is 6.07 Å². The number of halogens is 4. The quantitative estimate of drug-likeness (QED) is 0.287. The first-order chi connectivity index (χ1) is 21.8. The third kappa shape index (κ3) is 8.00. The summed E-state index contributed by atoms with van der Waals surface area (Å²) in [6, 6.07) is 8.30. The molecule has 10 nitrogen and oxygen atoms in total. The normalized spacial score (nSPS) is 18.6. The van der Waals surface area contributed by atoms with Gasteiger partial charge in [0, 0.05) is 87.3 Å². The van der Waals surface area contributed by atoms with E-state index < -0.39 is 47.1 Å². The topological polar surface area (TPSA) is 120 Å². The SMILES string of the molecule is CC(=O)NC1CCN(CC(O)Cn2nc(-c3ccc(C(F)(F)F)c(CNC(=O)c4ccc(F)cc4)c3)c3c2CCN(S(C)=O)C3)C1. The second-order valence-electron chi connectivity index (χ2n) is 11.7. The van der Waals surface area contributed by atoms with Gasteiger partial charge in [-0.05, 0) is 48.4 Å². The summed E-state index contributed by atoms with van der Waals surface area (Å²) in [7, 11) is -1.29. The molecule has 3 heterocycles. The maximum absolute atomic E-state index is 14.0. The number of aromatic nitrogens is 2. The summed E-state index contributed by atoms with van der Waals surface area (Å²) in [5.41, 5.74) is 1.30. The highest BCUT2D eigenvalue weighted by Crippen LogP contribution is 2.36. The number of rotatable bonds is 10. The van der Waals surface area contributed by atoms with Gasteiger partial charge in [-0.3, -0.25) is 19.2 Å². The van der Waals surface area contributed by atoms with E-state index >= 15 is 0 Å². The standard InChI is InChI=1S/C31H36F4N6O4S/c1-19(42)37-24-9-11-39(15-24)16-25(43)17-41-28-10-12-40(46(2)45)18-26(28)29(38-41)21-5-8-27(31(33,34)35)22(13-21)14-36-30(44)20-3-6-23(32)7-4-20/h3-8,13,24-25,43H,9-12,14-18H2,1-2H3,(H,36,44)(H,37,42). The molecular formula is C31H36F4N6O4S. The molecule has 0 saturated carbocycles. The van der Waals surface area contributed by atoms with Crippen LogP contribution in [-0.2, 0) is 48.0 Å². The Morgan fingerprint density at radius 3 is 2.54 bits per heavy atom. The zero-order chi connectivity index (χ0) is 33.2. The molecule has 0 aliphatic carbocycles. The third-order valence-corrected chi connectivity index (χ3v) is 9.26. The van der Waals surface area contributed by atoms with Gasteiger partial charge in [-0.2, -0.15) is 18.3 Å². The van der Waals surface area contributed by atoms with Crippen LogP contribution in [0.2, 0.25) is 0 Å². The Bertz CT molecular complexity index is 1610. The van der Waals surface area contributed by atoms with Gasteiger partial charge in [-0.15, -0.1) is 0 Å². The summed E-state index contributed by atoms with van der Waals surface area (Å²) in [6.45, 7) is 3.58. The maximum Gasteiger partial charge on any atom is 0.416 e. The minimum atomic E-state index is -4.69. The highest BCUT2D eigenvalue weighted by atomic mass is 32.2. The smallest absolute Gasteiger partial charge is 0.390 e. The number of aliphatic hydroxyl groups is 1. The molecule has 1 aromatic heterocycles. The molecule has 1 fully saturated rings. The molecule has 3 atom stereocenters. The summed E-state index contributed by atoms with van der Waals surface area (Å²) in [5, 5.41) is 21.2. The molecule has 2 amide bonds. The van der Waals surface area contributed by atoms with Crippen LogP contribution < -0.4 is 10.6 Å². The lowest BCUT2D eigenvalue weighted by atomic mass is 9.97. The predicted octanol–water partition coefficient (Wildman–Crippen LogP) is 2.86. The number of β-amino-alcohol motifs (C(OH)–C–C–N with tert-alkyl or cyclic N) is 1. The number of alkyl halides is 3. The number of likely N-dealkylation sites (tertiary alicyclic amines) is 1. The van der Waals surface area contributed by atoms with Gasteiger partial charge < -0.3 is 15.7 Å². The molecule has 2 aliphatic rings. The van der Waals surface area contributed by atoms with E-state index in [1.165, 1.54) is 31.2 Å². The number of carbonyl (C=O) groups excluding carboxylic acids is 2. The van der Waals surface area contributed by atoms with Crippen molar-refractivity contribution in [3.63, 3.8) is 0 Å². The molecule has 46 heavy (non-hydrogen) atoms.